The number of sulfonamides is 1. The van der Waals surface area contributed by atoms with Crippen LogP contribution in [0.3, 0.4) is 0 Å². The van der Waals surface area contributed by atoms with Crippen molar-refractivity contribution in [1.82, 2.24) is 4.31 Å². The number of likely N-dealkylation sites (N-methyl/N-ethyl adjacent to an activating group) is 1. The van der Waals surface area contributed by atoms with Crippen LogP contribution in [-0.4, -0.2) is 39.3 Å². The molecule has 0 heterocycles. The monoisotopic (exact) mass is 416 g/mol. The molecule has 6 nitrogen and oxygen atoms in total. The minimum Gasteiger partial charge on any atom is -0.495 e. The predicted octanol–water partition coefficient (Wildman–Crippen LogP) is 3.57. The molecule has 0 radical (unpaired) electrons. The van der Waals surface area contributed by atoms with Crippen molar-refractivity contribution in [3.63, 3.8) is 0 Å². The highest BCUT2D eigenvalue weighted by Crippen LogP contribution is 2.27. The van der Waals surface area contributed by atoms with Crippen LogP contribution < -0.4 is 10.1 Å². The fourth-order valence-electron chi connectivity index (χ4n) is 2.27. The van der Waals surface area contributed by atoms with Crippen LogP contribution in [0.5, 0.6) is 5.75 Å². The summed E-state index contributed by atoms with van der Waals surface area (Å²) in [6, 6.07) is 9.38. The lowest BCUT2D eigenvalue weighted by molar-refractivity contribution is -0.116. The summed E-state index contributed by atoms with van der Waals surface area (Å²) in [5.41, 5.74) is 1.14. The molecule has 0 aliphatic carbocycles. The maximum atomic E-state index is 12.8. The van der Waals surface area contributed by atoms with Crippen LogP contribution in [0.25, 0.3) is 0 Å². The summed E-state index contributed by atoms with van der Waals surface area (Å²) in [6.07, 6.45) is 0. The summed E-state index contributed by atoms with van der Waals surface area (Å²) < 4.78 is 31.6. The molecule has 0 aliphatic rings. The van der Waals surface area contributed by atoms with E-state index in [2.05, 4.69) is 5.32 Å². The number of anilines is 1. The number of hydrogen-bond donors (Lipinski definition) is 1. The Balaban J connectivity index is 2.19. The van der Waals surface area contributed by atoms with Gasteiger partial charge < -0.3 is 10.1 Å². The molecule has 0 atom stereocenters. The quantitative estimate of drug-likeness (QED) is 0.780. The predicted molar refractivity (Wildman–Crippen MR) is 103 cm³/mol. The first-order chi connectivity index (χ1) is 12.1. The van der Waals surface area contributed by atoms with Crippen molar-refractivity contribution in [1.29, 1.82) is 0 Å². The largest absolute Gasteiger partial charge is 0.495 e. The van der Waals surface area contributed by atoms with Gasteiger partial charge in [-0.05, 0) is 42.8 Å². The van der Waals surface area contributed by atoms with Gasteiger partial charge in [0.1, 0.15) is 10.6 Å². The lowest BCUT2D eigenvalue weighted by Gasteiger charge is -2.19. The Bertz CT molecular complexity index is 912. The van der Waals surface area contributed by atoms with E-state index in [0.717, 1.165) is 9.87 Å². The normalized spacial score (nSPS) is 11.5. The molecule has 140 valence electrons. The van der Waals surface area contributed by atoms with Crippen molar-refractivity contribution < 1.29 is 17.9 Å². The topological polar surface area (TPSA) is 75.7 Å². The standard InChI is InChI=1S/C17H18Cl2N2O4S/c1-11-4-5-15(25-3)16(6-11)26(23,24)21(2)10-17(22)20-14-8-12(18)7-13(19)9-14/h4-9H,10H2,1-3H3,(H,20,22). The van der Waals surface area contributed by atoms with E-state index < -0.39 is 15.9 Å². The van der Waals surface area contributed by atoms with Crippen LogP contribution in [0.4, 0.5) is 5.69 Å². The van der Waals surface area contributed by atoms with Crippen LogP contribution in [0.1, 0.15) is 5.56 Å². The molecule has 1 amide bonds. The van der Waals surface area contributed by atoms with E-state index in [1.54, 1.807) is 19.1 Å². The second-order valence-electron chi connectivity index (χ2n) is 5.62. The molecule has 0 unspecified atom stereocenters. The van der Waals surface area contributed by atoms with Crippen molar-refractivity contribution in [2.45, 2.75) is 11.8 Å². The summed E-state index contributed by atoms with van der Waals surface area (Å²) in [5.74, 6) is -0.314. The van der Waals surface area contributed by atoms with Gasteiger partial charge in [-0.15, -0.1) is 0 Å². The van der Waals surface area contributed by atoms with Crippen LogP contribution in [-0.2, 0) is 14.8 Å². The van der Waals surface area contributed by atoms with Crippen molar-refractivity contribution >= 4 is 44.8 Å². The SMILES string of the molecule is COc1ccc(C)cc1S(=O)(=O)N(C)CC(=O)Nc1cc(Cl)cc(Cl)c1. The van der Waals surface area contributed by atoms with Crippen LogP contribution in [0.15, 0.2) is 41.3 Å². The van der Waals surface area contributed by atoms with Gasteiger partial charge in [-0.1, -0.05) is 29.3 Å². The van der Waals surface area contributed by atoms with E-state index >= 15 is 0 Å². The van der Waals surface area contributed by atoms with Gasteiger partial charge in [0.15, 0.2) is 0 Å². The fraction of sp³-hybridized carbons (Fsp3) is 0.235. The first kappa shape index (κ1) is 20.5. The minimum absolute atomic E-state index is 0.00102. The number of nitrogens with one attached hydrogen (secondary N) is 1. The van der Waals surface area contributed by atoms with E-state index in [0.29, 0.717) is 15.7 Å². The third-order valence-electron chi connectivity index (χ3n) is 3.52. The molecule has 0 saturated carbocycles. The molecule has 9 heteroatoms. The zero-order valence-electron chi connectivity index (χ0n) is 14.4. The minimum atomic E-state index is -3.91. The van der Waals surface area contributed by atoms with Gasteiger partial charge in [-0.25, -0.2) is 8.42 Å². The van der Waals surface area contributed by atoms with Crippen molar-refractivity contribution in [2.75, 3.05) is 26.0 Å². The van der Waals surface area contributed by atoms with E-state index in [4.69, 9.17) is 27.9 Å². The van der Waals surface area contributed by atoms with Gasteiger partial charge in [0.2, 0.25) is 15.9 Å². The summed E-state index contributed by atoms with van der Waals surface area (Å²) in [5, 5.41) is 3.29. The van der Waals surface area contributed by atoms with Gasteiger partial charge in [0, 0.05) is 22.8 Å². The van der Waals surface area contributed by atoms with Gasteiger partial charge in [0.25, 0.3) is 0 Å². The van der Waals surface area contributed by atoms with Gasteiger partial charge >= 0.3 is 0 Å². The molecule has 2 aromatic carbocycles. The Morgan fingerprint density at radius 1 is 1.15 bits per heavy atom. The van der Waals surface area contributed by atoms with Crippen LogP contribution >= 0.6 is 23.2 Å². The maximum Gasteiger partial charge on any atom is 0.246 e. The van der Waals surface area contributed by atoms with E-state index in [9.17, 15) is 13.2 Å². The number of hydrogen-bond acceptors (Lipinski definition) is 4. The van der Waals surface area contributed by atoms with Crippen molar-refractivity contribution in [3.8, 4) is 5.75 Å². The molecule has 0 aromatic heterocycles. The van der Waals surface area contributed by atoms with Gasteiger partial charge in [-0.2, -0.15) is 4.31 Å². The molecule has 0 aliphatic heterocycles. The Labute approximate surface area is 162 Å². The summed E-state index contributed by atoms with van der Waals surface area (Å²) in [4.78, 5) is 12.2. The molecule has 26 heavy (non-hydrogen) atoms. The number of halogens is 2. The number of benzene rings is 2. The Hall–Kier alpha value is -1.80. The third-order valence-corrected chi connectivity index (χ3v) is 5.78. The number of amides is 1. The number of carbonyl (C=O) groups excluding carboxylic acids is 1. The van der Waals surface area contributed by atoms with Gasteiger partial charge in [0.05, 0.1) is 13.7 Å². The molecule has 0 saturated heterocycles. The van der Waals surface area contributed by atoms with Crippen LogP contribution in [0, 0.1) is 6.92 Å². The molecule has 1 N–H and O–H groups in total. The number of carbonyl (C=O) groups is 1. The molecule has 0 spiro atoms. The summed E-state index contributed by atoms with van der Waals surface area (Å²) in [7, 11) is -1.20. The van der Waals surface area contributed by atoms with Crippen molar-refractivity contribution in [2.24, 2.45) is 0 Å². The first-order valence-electron chi connectivity index (χ1n) is 7.50. The average molecular weight is 417 g/mol. The number of methoxy groups -OCH3 is 1. The first-order valence-corrected chi connectivity index (χ1v) is 9.70. The average Bonchev–Trinajstić information content (AvgIpc) is 2.53. The number of aryl methyl sites for hydroxylation is 1. The number of ether oxygens (including phenoxy) is 1. The molecule has 0 bridgehead atoms. The Kier molecular flexibility index (Phi) is 6.52. The number of rotatable bonds is 6. The lowest BCUT2D eigenvalue weighted by Crippen LogP contribution is -2.35. The van der Waals surface area contributed by atoms with Crippen LogP contribution in [0.2, 0.25) is 10.0 Å². The third kappa shape index (κ3) is 4.88. The summed E-state index contributed by atoms with van der Waals surface area (Å²) in [6.45, 7) is 1.39. The van der Waals surface area contributed by atoms with E-state index in [-0.39, 0.29) is 17.2 Å². The summed E-state index contributed by atoms with van der Waals surface area (Å²) >= 11 is 11.8. The highest BCUT2D eigenvalue weighted by molar-refractivity contribution is 7.89. The Morgan fingerprint density at radius 3 is 2.35 bits per heavy atom. The Morgan fingerprint density at radius 2 is 1.77 bits per heavy atom. The fourth-order valence-corrected chi connectivity index (χ4v) is 4.16. The van der Waals surface area contributed by atoms with E-state index in [1.807, 2.05) is 0 Å². The highest BCUT2D eigenvalue weighted by Gasteiger charge is 2.26. The molecule has 2 aromatic rings. The lowest BCUT2D eigenvalue weighted by atomic mass is 10.2. The maximum absolute atomic E-state index is 12.8. The molecular formula is C17H18Cl2N2O4S. The second kappa shape index (κ2) is 8.26. The van der Waals surface area contributed by atoms with Gasteiger partial charge in [-0.3, -0.25) is 4.79 Å². The van der Waals surface area contributed by atoms with E-state index in [1.165, 1.54) is 38.4 Å². The molecular weight excluding hydrogens is 399 g/mol. The smallest absolute Gasteiger partial charge is 0.246 e. The highest BCUT2D eigenvalue weighted by atomic mass is 35.5. The van der Waals surface area contributed by atoms with Crippen molar-refractivity contribution in [3.05, 3.63) is 52.0 Å². The zero-order valence-corrected chi connectivity index (χ0v) is 16.7. The molecule has 2 rings (SSSR count). The zero-order chi connectivity index (χ0) is 19.5. The second-order valence-corrected chi connectivity index (χ2v) is 8.51. The molecule has 0 fully saturated rings. The number of nitrogens with zero attached hydrogens (tertiary/aromatic N) is 1.